The van der Waals surface area contributed by atoms with E-state index in [0.29, 0.717) is 36.5 Å². The van der Waals surface area contributed by atoms with Crippen LogP contribution in [0.5, 0.6) is 5.75 Å². The van der Waals surface area contributed by atoms with Gasteiger partial charge in [-0.3, -0.25) is 9.59 Å². The van der Waals surface area contributed by atoms with Gasteiger partial charge in [0, 0.05) is 5.56 Å². The number of amides is 1. The van der Waals surface area contributed by atoms with E-state index in [2.05, 4.69) is 19.2 Å². The zero-order chi connectivity index (χ0) is 15.3. The Labute approximate surface area is 125 Å². The van der Waals surface area contributed by atoms with Crippen LogP contribution in [0.4, 0.5) is 0 Å². The molecule has 1 aliphatic rings. The van der Waals surface area contributed by atoms with Gasteiger partial charge in [0.05, 0.1) is 6.54 Å². The van der Waals surface area contributed by atoms with E-state index in [1.807, 2.05) is 12.1 Å². The minimum absolute atomic E-state index is 0.321. The van der Waals surface area contributed by atoms with E-state index < -0.39 is 0 Å². The molecule has 1 N–H and O–H groups in total. The number of benzene rings is 1. The summed E-state index contributed by atoms with van der Waals surface area (Å²) in [5.41, 5.74) is 2.08. The van der Waals surface area contributed by atoms with E-state index in [0.717, 1.165) is 17.6 Å². The lowest BCUT2D eigenvalue weighted by Crippen LogP contribution is -2.31. The number of hydrogen-bond donors (Lipinski definition) is 1. The zero-order valence-electron chi connectivity index (χ0n) is 12.7. The molecule has 21 heavy (non-hydrogen) atoms. The molecule has 2 rings (SSSR count). The topological polar surface area (TPSA) is 55.4 Å². The van der Waals surface area contributed by atoms with Crippen LogP contribution in [0.2, 0.25) is 0 Å². The molecule has 1 aromatic rings. The highest BCUT2D eigenvalue weighted by atomic mass is 16.5. The first-order valence-corrected chi connectivity index (χ1v) is 7.49. The Morgan fingerprint density at radius 3 is 2.71 bits per heavy atom. The van der Waals surface area contributed by atoms with Crippen LogP contribution in [0, 0.1) is 5.41 Å². The lowest BCUT2D eigenvalue weighted by molar-refractivity contribution is -0.109. The largest absolute Gasteiger partial charge is 0.491 e. The second-order valence-corrected chi connectivity index (χ2v) is 6.06. The summed E-state index contributed by atoms with van der Waals surface area (Å²) >= 11 is 0. The van der Waals surface area contributed by atoms with Gasteiger partial charge >= 0.3 is 0 Å². The summed E-state index contributed by atoms with van der Waals surface area (Å²) in [4.78, 5) is 21.2. The standard InChI is InChI=1S/C17H23NO3/c1-13(17(2)6-3-7-17)15-5-4-14(11-19)10-16(15)21-9-8-18-12-20/h4-5,10-13H,3,6-9H2,1-2H3,(H,18,20). The first kappa shape index (κ1) is 15.5. The molecule has 0 heterocycles. The van der Waals surface area contributed by atoms with Crippen molar-refractivity contribution in [3.05, 3.63) is 29.3 Å². The quantitative estimate of drug-likeness (QED) is 0.591. The average Bonchev–Trinajstić information content (AvgIpc) is 2.48. The zero-order valence-corrected chi connectivity index (χ0v) is 12.7. The van der Waals surface area contributed by atoms with Gasteiger partial charge in [0.25, 0.3) is 0 Å². The van der Waals surface area contributed by atoms with Crippen molar-refractivity contribution in [3.8, 4) is 5.75 Å². The maximum atomic E-state index is 11.0. The van der Waals surface area contributed by atoms with Gasteiger partial charge in [-0.15, -0.1) is 0 Å². The number of hydrogen-bond acceptors (Lipinski definition) is 3. The molecule has 4 heteroatoms. The van der Waals surface area contributed by atoms with Crippen LogP contribution in [0.3, 0.4) is 0 Å². The predicted molar refractivity (Wildman–Crippen MR) is 81.8 cm³/mol. The fourth-order valence-corrected chi connectivity index (χ4v) is 2.93. The summed E-state index contributed by atoms with van der Waals surface area (Å²) in [5, 5.41) is 2.57. The lowest BCUT2D eigenvalue weighted by atomic mass is 9.61. The number of ether oxygens (including phenoxy) is 1. The molecule has 0 radical (unpaired) electrons. The molecule has 0 aromatic heterocycles. The summed E-state index contributed by atoms with van der Waals surface area (Å²) in [6.07, 6.45) is 5.23. The molecule has 1 fully saturated rings. The van der Waals surface area contributed by atoms with Gasteiger partial charge in [0.2, 0.25) is 6.41 Å². The summed E-state index contributed by atoms with van der Waals surface area (Å²) in [6.45, 7) is 5.40. The van der Waals surface area contributed by atoms with Crippen LogP contribution in [-0.2, 0) is 4.79 Å². The Balaban J connectivity index is 2.18. The molecule has 4 nitrogen and oxygen atoms in total. The van der Waals surface area contributed by atoms with Gasteiger partial charge in [0.1, 0.15) is 18.6 Å². The smallest absolute Gasteiger partial charge is 0.207 e. The predicted octanol–water partition coefficient (Wildman–Crippen LogP) is 2.92. The molecule has 1 amide bonds. The van der Waals surface area contributed by atoms with Gasteiger partial charge in [-0.2, -0.15) is 0 Å². The maximum absolute atomic E-state index is 11.0. The normalized spacial score (nSPS) is 17.4. The van der Waals surface area contributed by atoms with Crippen molar-refractivity contribution < 1.29 is 14.3 Å². The molecule has 0 saturated heterocycles. The van der Waals surface area contributed by atoms with Crippen molar-refractivity contribution in [2.24, 2.45) is 5.41 Å². The highest BCUT2D eigenvalue weighted by Gasteiger charge is 2.38. The first-order valence-electron chi connectivity index (χ1n) is 7.49. The Morgan fingerprint density at radius 1 is 1.38 bits per heavy atom. The second-order valence-electron chi connectivity index (χ2n) is 6.06. The Kier molecular flexibility index (Phi) is 4.99. The highest BCUT2D eigenvalue weighted by Crippen LogP contribution is 2.52. The van der Waals surface area contributed by atoms with E-state index in [4.69, 9.17) is 4.74 Å². The molecular weight excluding hydrogens is 266 g/mol. The molecule has 114 valence electrons. The molecular formula is C17H23NO3. The monoisotopic (exact) mass is 289 g/mol. The lowest BCUT2D eigenvalue weighted by Gasteiger charge is -2.44. The summed E-state index contributed by atoms with van der Waals surface area (Å²) < 4.78 is 5.79. The summed E-state index contributed by atoms with van der Waals surface area (Å²) in [5.74, 6) is 1.15. The Hall–Kier alpha value is -1.84. The van der Waals surface area contributed by atoms with Crippen LogP contribution in [0.15, 0.2) is 18.2 Å². The van der Waals surface area contributed by atoms with Crippen molar-refractivity contribution in [2.45, 2.75) is 39.0 Å². The Morgan fingerprint density at radius 2 is 2.14 bits per heavy atom. The molecule has 1 unspecified atom stereocenters. The van der Waals surface area contributed by atoms with Crippen LogP contribution in [-0.4, -0.2) is 25.8 Å². The van der Waals surface area contributed by atoms with E-state index in [1.165, 1.54) is 19.3 Å². The maximum Gasteiger partial charge on any atom is 0.207 e. The number of carbonyl (C=O) groups excluding carboxylic acids is 2. The minimum atomic E-state index is 0.321. The van der Waals surface area contributed by atoms with E-state index in [9.17, 15) is 9.59 Å². The van der Waals surface area contributed by atoms with Crippen LogP contribution < -0.4 is 10.1 Å². The van der Waals surface area contributed by atoms with Crippen molar-refractivity contribution >= 4 is 12.7 Å². The van der Waals surface area contributed by atoms with E-state index in [1.54, 1.807) is 6.07 Å². The van der Waals surface area contributed by atoms with Gasteiger partial charge in [-0.25, -0.2) is 0 Å². The molecule has 1 aromatic carbocycles. The van der Waals surface area contributed by atoms with Crippen molar-refractivity contribution in [1.29, 1.82) is 0 Å². The number of aldehydes is 1. The average molecular weight is 289 g/mol. The van der Waals surface area contributed by atoms with Crippen molar-refractivity contribution in [2.75, 3.05) is 13.2 Å². The second kappa shape index (κ2) is 6.74. The molecule has 0 aliphatic heterocycles. The first-order chi connectivity index (χ1) is 10.1. The fourth-order valence-electron chi connectivity index (χ4n) is 2.93. The molecule has 1 aliphatic carbocycles. The molecule has 0 spiro atoms. The van der Waals surface area contributed by atoms with Gasteiger partial charge < -0.3 is 10.1 Å². The van der Waals surface area contributed by atoms with Crippen LogP contribution in [0.1, 0.15) is 54.9 Å². The SMILES string of the molecule is CC(c1ccc(C=O)cc1OCCNC=O)C1(C)CCC1. The van der Waals surface area contributed by atoms with Crippen molar-refractivity contribution in [3.63, 3.8) is 0 Å². The third-order valence-electron chi connectivity index (χ3n) is 4.77. The number of carbonyl (C=O) groups is 2. The summed E-state index contributed by atoms with van der Waals surface area (Å²) in [7, 11) is 0. The molecule has 0 bridgehead atoms. The van der Waals surface area contributed by atoms with E-state index in [-0.39, 0.29) is 0 Å². The van der Waals surface area contributed by atoms with Crippen LogP contribution in [0.25, 0.3) is 0 Å². The Bertz CT molecular complexity index is 509. The fraction of sp³-hybridized carbons (Fsp3) is 0.529. The van der Waals surface area contributed by atoms with Crippen LogP contribution >= 0.6 is 0 Å². The minimum Gasteiger partial charge on any atom is -0.491 e. The molecule has 1 atom stereocenters. The third kappa shape index (κ3) is 3.43. The number of rotatable bonds is 8. The highest BCUT2D eigenvalue weighted by molar-refractivity contribution is 5.76. The van der Waals surface area contributed by atoms with Gasteiger partial charge in [0.15, 0.2) is 0 Å². The van der Waals surface area contributed by atoms with Gasteiger partial charge in [-0.05, 0) is 35.8 Å². The van der Waals surface area contributed by atoms with E-state index >= 15 is 0 Å². The summed E-state index contributed by atoms with van der Waals surface area (Å²) in [6, 6.07) is 5.64. The van der Waals surface area contributed by atoms with Gasteiger partial charge in [-0.1, -0.05) is 32.4 Å². The third-order valence-corrected chi connectivity index (χ3v) is 4.77. The number of nitrogens with one attached hydrogen (secondary N) is 1. The molecule has 1 saturated carbocycles. The van der Waals surface area contributed by atoms with Crippen molar-refractivity contribution in [1.82, 2.24) is 5.32 Å².